The number of carbonyl (C=O) groups is 2. The van der Waals surface area contributed by atoms with Gasteiger partial charge in [-0.3, -0.25) is 4.79 Å². The fourth-order valence-corrected chi connectivity index (χ4v) is 5.40. The van der Waals surface area contributed by atoms with Gasteiger partial charge in [0.1, 0.15) is 0 Å². The number of nitrogens with zero attached hydrogens (tertiary/aromatic N) is 1. The summed E-state index contributed by atoms with van der Waals surface area (Å²) in [5, 5.41) is 3.05. The first-order valence-corrected chi connectivity index (χ1v) is 12.6. The average Bonchev–Trinajstić information content (AvgIpc) is 2.80. The summed E-state index contributed by atoms with van der Waals surface area (Å²) in [6, 6.07) is 11.3. The van der Waals surface area contributed by atoms with Crippen molar-refractivity contribution in [3.8, 4) is 0 Å². The zero-order chi connectivity index (χ0) is 22.6. The molecule has 1 fully saturated rings. The number of hydrogen-bond acceptors (Lipinski definition) is 6. The first kappa shape index (κ1) is 23.6. The highest BCUT2D eigenvalue weighted by atomic mass is 35.5. The molecule has 1 aliphatic heterocycles. The van der Waals surface area contributed by atoms with Crippen LogP contribution in [0.1, 0.15) is 23.2 Å². The number of anilines is 1. The lowest BCUT2D eigenvalue weighted by Crippen LogP contribution is -2.41. The summed E-state index contributed by atoms with van der Waals surface area (Å²) >= 11 is 7.69. The van der Waals surface area contributed by atoms with Crippen LogP contribution in [0.3, 0.4) is 0 Å². The third-order valence-electron chi connectivity index (χ3n) is 5.17. The Labute approximate surface area is 191 Å². The number of nitrogens with one attached hydrogen (secondary N) is 1. The van der Waals surface area contributed by atoms with Gasteiger partial charge in [0, 0.05) is 23.9 Å². The van der Waals surface area contributed by atoms with E-state index in [1.54, 1.807) is 36.0 Å². The van der Waals surface area contributed by atoms with Gasteiger partial charge in [0.05, 0.1) is 28.3 Å². The second kappa shape index (κ2) is 10.0. The third kappa shape index (κ3) is 5.41. The highest BCUT2D eigenvalue weighted by Crippen LogP contribution is 2.28. The molecule has 1 aliphatic rings. The maximum Gasteiger partial charge on any atom is 0.337 e. The maximum atomic E-state index is 12.9. The third-order valence-corrected chi connectivity index (χ3v) is 8.15. The van der Waals surface area contributed by atoms with Crippen molar-refractivity contribution in [1.29, 1.82) is 0 Å². The van der Waals surface area contributed by atoms with E-state index >= 15 is 0 Å². The van der Waals surface area contributed by atoms with E-state index < -0.39 is 16.0 Å². The van der Waals surface area contributed by atoms with Crippen molar-refractivity contribution in [2.24, 2.45) is 5.92 Å². The van der Waals surface area contributed by atoms with Gasteiger partial charge in [-0.1, -0.05) is 11.6 Å². The van der Waals surface area contributed by atoms with Gasteiger partial charge in [0.15, 0.2) is 0 Å². The van der Waals surface area contributed by atoms with Crippen LogP contribution in [0.15, 0.2) is 52.3 Å². The predicted octanol–water partition coefficient (Wildman–Crippen LogP) is 3.89. The fraction of sp³-hybridized carbons (Fsp3) is 0.333. The predicted molar refractivity (Wildman–Crippen MR) is 121 cm³/mol. The second-order valence-electron chi connectivity index (χ2n) is 7.03. The monoisotopic (exact) mass is 482 g/mol. The largest absolute Gasteiger partial charge is 0.465 e. The molecule has 0 atom stereocenters. The highest BCUT2D eigenvalue weighted by molar-refractivity contribution is 7.98. The van der Waals surface area contributed by atoms with Gasteiger partial charge in [0.2, 0.25) is 15.9 Å². The molecule has 0 saturated carbocycles. The molecular weight excluding hydrogens is 460 g/mol. The number of sulfonamides is 1. The quantitative estimate of drug-likeness (QED) is 0.496. The van der Waals surface area contributed by atoms with Gasteiger partial charge >= 0.3 is 5.97 Å². The topological polar surface area (TPSA) is 92.8 Å². The summed E-state index contributed by atoms with van der Waals surface area (Å²) < 4.78 is 31.9. The Hall–Kier alpha value is -2.07. The van der Waals surface area contributed by atoms with Crippen LogP contribution in [-0.4, -0.2) is 51.1 Å². The van der Waals surface area contributed by atoms with Gasteiger partial charge in [-0.15, -0.1) is 11.8 Å². The van der Waals surface area contributed by atoms with E-state index in [1.165, 1.54) is 29.6 Å². The summed E-state index contributed by atoms with van der Waals surface area (Å²) in [6.07, 6.45) is 2.71. The van der Waals surface area contributed by atoms with Crippen LogP contribution in [0.5, 0.6) is 0 Å². The summed E-state index contributed by atoms with van der Waals surface area (Å²) in [5.74, 6) is -1.15. The number of methoxy groups -OCH3 is 1. The zero-order valence-corrected chi connectivity index (χ0v) is 19.5. The second-order valence-corrected chi connectivity index (χ2v) is 10.3. The van der Waals surface area contributed by atoms with Gasteiger partial charge in [-0.2, -0.15) is 4.31 Å². The smallest absolute Gasteiger partial charge is 0.337 e. The van der Waals surface area contributed by atoms with Crippen molar-refractivity contribution in [3.05, 3.63) is 53.1 Å². The highest BCUT2D eigenvalue weighted by Gasteiger charge is 2.32. The molecule has 1 heterocycles. The first-order chi connectivity index (χ1) is 14.8. The van der Waals surface area contributed by atoms with Crippen LogP contribution in [0, 0.1) is 5.92 Å². The molecule has 0 radical (unpaired) electrons. The minimum Gasteiger partial charge on any atom is -0.465 e. The molecular formula is C21H23ClN2O5S2. The molecule has 7 nitrogen and oxygen atoms in total. The Morgan fingerprint density at radius 3 is 2.35 bits per heavy atom. The van der Waals surface area contributed by atoms with Crippen LogP contribution in [-0.2, 0) is 19.6 Å². The number of carbonyl (C=O) groups excluding carboxylic acids is 2. The number of ether oxygens (including phenoxy) is 1. The van der Waals surface area contributed by atoms with Gasteiger partial charge in [0.25, 0.3) is 0 Å². The van der Waals surface area contributed by atoms with Crippen molar-refractivity contribution >= 4 is 50.9 Å². The number of hydrogen-bond donors (Lipinski definition) is 1. The minimum atomic E-state index is -3.60. The molecule has 166 valence electrons. The fourth-order valence-electron chi connectivity index (χ4n) is 3.36. The Morgan fingerprint density at radius 2 is 1.77 bits per heavy atom. The van der Waals surface area contributed by atoms with E-state index in [1.807, 2.05) is 6.26 Å². The SMILES string of the molecule is COC(=O)c1ccc(Cl)c(NC(=O)C2CCN(S(=O)(=O)c3ccc(SC)cc3)CC2)c1. The normalized spacial score (nSPS) is 15.5. The number of rotatable bonds is 6. The number of esters is 1. The molecule has 0 bridgehead atoms. The molecule has 1 amide bonds. The lowest BCUT2D eigenvalue weighted by Gasteiger charge is -2.30. The number of amides is 1. The Balaban J connectivity index is 1.64. The standard InChI is InChI=1S/C21H23ClN2O5S2/c1-29-21(26)15-3-8-18(22)19(13-15)23-20(25)14-9-11-24(12-10-14)31(27,28)17-6-4-16(30-2)5-7-17/h3-8,13-14H,9-12H2,1-2H3,(H,23,25). The molecule has 10 heteroatoms. The minimum absolute atomic E-state index is 0.250. The molecule has 0 aromatic heterocycles. The molecule has 31 heavy (non-hydrogen) atoms. The van der Waals surface area contributed by atoms with E-state index in [4.69, 9.17) is 11.6 Å². The van der Waals surface area contributed by atoms with Crippen LogP contribution >= 0.6 is 23.4 Å². The zero-order valence-electron chi connectivity index (χ0n) is 17.1. The maximum absolute atomic E-state index is 12.9. The summed E-state index contributed by atoms with van der Waals surface area (Å²) in [7, 11) is -2.33. The molecule has 0 unspecified atom stereocenters. The molecule has 2 aromatic rings. The van der Waals surface area contributed by atoms with E-state index in [-0.39, 0.29) is 35.4 Å². The Bertz CT molecular complexity index is 1070. The molecule has 3 rings (SSSR count). The summed E-state index contributed by atoms with van der Waals surface area (Å²) in [5.41, 5.74) is 0.592. The van der Waals surface area contributed by atoms with Crippen molar-refractivity contribution in [2.45, 2.75) is 22.6 Å². The van der Waals surface area contributed by atoms with E-state index in [0.29, 0.717) is 23.6 Å². The summed E-state index contributed by atoms with van der Waals surface area (Å²) in [4.78, 5) is 25.7. The van der Waals surface area contributed by atoms with E-state index in [9.17, 15) is 18.0 Å². The van der Waals surface area contributed by atoms with Crippen molar-refractivity contribution in [3.63, 3.8) is 0 Å². The van der Waals surface area contributed by atoms with Crippen molar-refractivity contribution < 1.29 is 22.7 Å². The molecule has 2 aromatic carbocycles. The number of thioether (sulfide) groups is 1. The van der Waals surface area contributed by atoms with Crippen LogP contribution in [0.4, 0.5) is 5.69 Å². The lowest BCUT2D eigenvalue weighted by atomic mass is 9.97. The van der Waals surface area contributed by atoms with Crippen LogP contribution < -0.4 is 5.32 Å². The van der Waals surface area contributed by atoms with Gasteiger partial charge < -0.3 is 10.1 Å². The van der Waals surface area contributed by atoms with Crippen LogP contribution in [0.2, 0.25) is 5.02 Å². The molecule has 0 spiro atoms. The van der Waals surface area contributed by atoms with Gasteiger partial charge in [-0.05, 0) is 61.6 Å². The van der Waals surface area contributed by atoms with Gasteiger partial charge in [-0.25, -0.2) is 13.2 Å². The number of halogens is 1. The van der Waals surface area contributed by atoms with Crippen LogP contribution in [0.25, 0.3) is 0 Å². The molecule has 1 saturated heterocycles. The first-order valence-electron chi connectivity index (χ1n) is 9.59. The number of piperidine rings is 1. The van der Waals surface area contributed by atoms with E-state index in [2.05, 4.69) is 10.1 Å². The van der Waals surface area contributed by atoms with Crippen molar-refractivity contribution in [2.75, 3.05) is 31.8 Å². The lowest BCUT2D eigenvalue weighted by molar-refractivity contribution is -0.120. The molecule has 1 N–H and O–H groups in total. The van der Waals surface area contributed by atoms with Crippen molar-refractivity contribution in [1.82, 2.24) is 4.31 Å². The summed E-state index contributed by atoms with van der Waals surface area (Å²) in [6.45, 7) is 0.501. The Morgan fingerprint density at radius 1 is 1.13 bits per heavy atom. The average molecular weight is 483 g/mol. The number of benzene rings is 2. The Kier molecular flexibility index (Phi) is 7.64. The molecule has 0 aliphatic carbocycles. The van der Waals surface area contributed by atoms with E-state index in [0.717, 1.165) is 4.90 Å².